The van der Waals surface area contributed by atoms with E-state index in [1.807, 2.05) is 0 Å². The van der Waals surface area contributed by atoms with Gasteiger partial charge in [0, 0.05) is 36.7 Å². The van der Waals surface area contributed by atoms with Crippen LogP contribution in [0.5, 0.6) is 0 Å². The fourth-order valence-corrected chi connectivity index (χ4v) is 3.00. The molecule has 2 aromatic heterocycles. The molecule has 4 N–H and O–H groups in total. The van der Waals surface area contributed by atoms with Gasteiger partial charge in [0.1, 0.15) is 5.56 Å². The Labute approximate surface area is 176 Å². The summed E-state index contributed by atoms with van der Waals surface area (Å²) in [6, 6.07) is 9.49. The quantitative estimate of drug-likeness (QED) is 0.491. The number of carboxylic acids is 1. The fourth-order valence-electron chi connectivity index (χ4n) is 3.00. The molecule has 0 saturated carbocycles. The van der Waals surface area contributed by atoms with Gasteiger partial charge in [0.05, 0.1) is 12.9 Å². The molecule has 0 atom stereocenters. The van der Waals surface area contributed by atoms with Crippen molar-refractivity contribution in [3.05, 3.63) is 71.0 Å². The van der Waals surface area contributed by atoms with Gasteiger partial charge in [-0.3, -0.25) is 14.4 Å². The van der Waals surface area contributed by atoms with E-state index in [1.54, 1.807) is 43.0 Å². The molecule has 31 heavy (non-hydrogen) atoms. The van der Waals surface area contributed by atoms with E-state index in [4.69, 9.17) is 5.11 Å². The van der Waals surface area contributed by atoms with Crippen molar-refractivity contribution in [1.82, 2.24) is 19.9 Å². The standard InChI is InChI=1S/C18H17N3O5.C3H4N2/c22-15(10-21-9-1-2-16(21)23)19-12-5-3-11(4-6-12)14-8-7-13(18(25)26)17(24)20-14;1-2-5-3-4-1/h3-8H,1-2,9-10H2,(H,19,22)(H,20,24)(H,25,26);1-3H,(H,4,5). The molecule has 3 aromatic rings. The molecule has 0 unspecified atom stereocenters. The van der Waals surface area contributed by atoms with Crippen molar-refractivity contribution in [3.63, 3.8) is 0 Å². The predicted molar refractivity (Wildman–Crippen MR) is 112 cm³/mol. The van der Waals surface area contributed by atoms with Crippen molar-refractivity contribution < 1.29 is 19.5 Å². The van der Waals surface area contributed by atoms with Crippen molar-refractivity contribution in [2.45, 2.75) is 12.8 Å². The van der Waals surface area contributed by atoms with Crippen LogP contribution in [0.2, 0.25) is 0 Å². The van der Waals surface area contributed by atoms with Crippen LogP contribution in [0.4, 0.5) is 5.69 Å². The van der Waals surface area contributed by atoms with Gasteiger partial charge < -0.3 is 25.3 Å². The Balaban J connectivity index is 0.000000478. The largest absolute Gasteiger partial charge is 0.477 e. The highest BCUT2D eigenvalue weighted by Crippen LogP contribution is 2.19. The molecule has 0 radical (unpaired) electrons. The van der Waals surface area contributed by atoms with Gasteiger partial charge in [-0.1, -0.05) is 12.1 Å². The number of aromatic nitrogens is 3. The summed E-state index contributed by atoms with van der Waals surface area (Å²) in [6.07, 6.45) is 6.35. The Bertz CT molecular complexity index is 1090. The summed E-state index contributed by atoms with van der Waals surface area (Å²) in [5.41, 5.74) is 0.707. The van der Waals surface area contributed by atoms with Crippen LogP contribution in [0.15, 0.2) is 59.9 Å². The van der Waals surface area contributed by atoms with E-state index >= 15 is 0 Å². The maximum Gasteiger partial charge on any atom is 0.341 e. The first-order valence-electron chi connectivity index (χ1n) is 9.51. The van der Waals surface area contributed by atoms with Gasteiger partial charge >= 0.3 is 5.97 Å². The monoisotopic (exact) mass is 423 g/mol. The Kier molecular flexibility index (Phi) is 6.94. The molecular weight excluding hydrogens is 402 g/mol. The average molecular weight is 423 g/mol. The average Bonchev–Trinajstić information content (AvgIpc) is 3.44. The van der Waals surface area contributed by atoms with Gasteiger partial charge in [-0.25, -0.2) is 9.78 Å². The molecule has 1 aliphatic rings. The van der Waals surface area contributed by atoms with Crippen molar-refractivity contribution in [1.29, 1.82) is 0 Å². The number of aromatic amines is 2. The van der Waals surface area contributed by atoms with E-state index in [-0.39, 0.29) is 23.9 Å². The number of pyridine rings is 1. The number of carbonyl (C=O) groups excluding carboxylic acids is 2. The normalized spacial score (nSPS) is 12.8. The fraction of sp³-hybridized carbons (Fsp3) is 0.190. The molecular formula is C21H21N5O5. The maximum absolute atomic E-state index is 12.0. The second-order valence-corrected chi connectivity index (χ2v) is 6.72. The highest BCUT2D eigenvalue weighted by molar-refractivity contribution is 5.95. The molecule has 1 fully saturated rings. The van der Waals surface area contributed by atoms with Crippen LogP contribution in [-0.2, 0) is 9.59 Å². The minimum Gasteiger partial charge on any atom is -0.477 e. The number of imidazole rings is 1. The Morgan fingerprint density at radius 1 is 1.13 bits per heavy atom. The lowest BCUT2D eigenvalue weighted by Gasteiger charge is -2.15. The lowest BCUT2D eigenvalue weighted by Crippen LogP contribution is -2.33. The zero-order chi connectivity index (χ0) is 22.2. The van der Waals surface area contributed by atoms with Crippen LogP contribution >= 0.6 is 0 Å². The SMILES string of the molecule is O=C(CN1CCCC1=O)Nc1ccc(-c2ccc(C(=O)O)c(=O)[nH]2)cc1.c1c[nH]cn1. The number of nitrogens with one attached hydrogen (secondary N) is 3. The molecule has 2 amide bonds. The van der Waals surface area contributed by atoms with Crippen LogP contribution in [0.3, 0.4) is 0 Å². The molecule has 10 heteroatoms. The topological polar surface area (TPSA) is 148 Å². The van der Waals surface area contributed by atoms with Crippen LogP contribution in [-0.4, -0.2) is 55.8 Å². The van der Waals surface area contributed by atoms with Gasteiger partial charge in [0.2, 0.25) is 11.8 Å². The van der Waals surface area contributed by atoms with Gasteiger partial charge in [-0.2, -0.15) is 0 Å². The highest BCUT2D eigenvalue weighted by atomic mass is 16.4. The number of nitrogens with zero attached hydrogens (tertiary/aromatic N) is 2. The van der Waals surface area contributed by atoms with Crippen LogP contribution < -0.4 is 10.9 Å². The zero-order valence-corrected chi connectivity index (χ0v) is 16.5. The summed E-state index contributed by atoms with van der Waals surface area (Å²) < 4.78 is 0. The number of hydrogen-bond donors (Lipinski definition) is 4. The third kappa shape index (κ3) is 5.89. The smallest absolute Gasteiger partial charge is 0.341 e. The summed E-state index contributed by atoms with van der Waals surface area (Å²) in [4.78, 5) is 56.6. The molecule has 10 nitrogen and oxygen atoms in total. The summed E-state index contributed by atoms with van der Waals surface area (Å²) in [5, 5.41) is 11.6. The second-order valence-electron chi connectivity index (χ2n) is 6.72. The number of H-pyrrole nitrogens is 2. The number of likely N-dealkylation sites (tertiary alicyclic amines) is 1. The molecule has 0 aliphatic carbocycles. The third-order valence-electron chi connectivity index (χ3n) is 4.53. The summed E-state index contributed by atoms with van der Waals surface area (Å²) in [5.74, 6) is -1.57. The van der Waals surface area contributed by atoms with Crippen molar-refractivity contribution >= 4 is 23.5 Å². The number of anilines is 1. The second kappa shape index (κ2) is 10.0. The number of amides is 2. The van der Waals surface area contributed by atoms with Crippen LogP contribution in [0.1, 0.15) is 23.2 Å². The highest BCUT2D eigenvalue weighted by Gasteiger charge is 2.22. The number of carbonyl (C=O) groups is 3. The molecule has 0 bridgehead atoms. The maximum atomic E-state index is 12.0. The molecule has 1 aromatic carbocycles. The number of aromatic carboxylic acids is 1. The van der Waals surface area contributed by atoms with E-state index in [0.29, 0.717) is 29.9 Å². The van der Waals surface area contributed by atoms with Gasteiger partial charge in [-0.05, 0) is 36.2 Å². The van der Waals surface area contributed by atoms with Crippen LogP contribution in [0.25, 0.3) is 11.3 Å². The van der Waals surface area contributed by atoms with E-state index < -0.39 is 11.5 Å². The van der Waals surface area contributed by atoms with Crippen molar-refractivity contribution in [2.75, 3.05) is 18.4 Å². The number of rotatable bonds is 5. The minimum absolute atomic E-state index is 0.00994. The summed E-state index contributed by atoms with van der Waals surface area (Å²) in [7, 11) is 0. The Hall–Kier alpha value is -4.21. The molecule has 4 rings (SSSR count). The van der Waals surface area contributed by atoms with Gasteiger partial charge in [0.25, 0.3) is 5.56 Å². The molecule has 1 aliphatic heterocycles. The first-order chi connectivity index (χ1) is 14.9. The zero-order valence-electron chi connectivity index (χ0n) is 16.5. The van der Waals surface area contributed by atoms with E-state index in [1.165, 1.54) is 17.0 Å². The Morgan fingerprint density at radius 3 is 2.42 bits per heavy atom. The third-order valence-corrected chi connectivity index (χ3v) is 4.53. The summed E-state index contributed by atoms with van der Waals surface area (Å²) >= 11 is 0. The lowest BCUT2D eigenvalue weighted by molar-refractivity contribution is -0.131. The van der Waals surface area contributed by atoms with E-state index in [9.17, 15) is 19.2 Å². The van der Waals surface area contributed by atoms with Crippen molar-refractivity contribution in [3.8, 4) is 11.3 Å². The van der Waals surface area contributed by atoms with Gasteiger partial charge in [0.15, 0.2) is 0 Å². The molecule has 0 spiro atoms. The first kappa shape index (κ1) is 21.5. The number of hydrogen-bond acceptors (Lipinski definition) is 5. The van der Waals surface area contributed by atoms with Gasteiger partial charge in [-0.15, -0.1) is 0 Å². The molecule has 160 valence electrons. The number of benzene rings is 1. The van der Waals surface area contributed by atoms with Crippen molar-refractivity contribution in [2.24, 2.45) is 0 Å². The lowest BCUT2D eigenvalue weighted by atomic mass is 10.1. The van der Waals surface area contributed by atoms with E-state index in [0.717, 1.165) is 6.42 Å². The van der Waals surface area contributed by atoms with E-state index in [2.05, 4.69) is 20.3 Å². The first-order valence-corrected chi connectivity index (χ1v) is 9.51. The Morgan fingerprint density at radius 2 is 1.90 bits per heavy atom. The molecule has 1 saturated heterocycles. The molecule has 3 heterocycles. The minimum atomic E-state index is -1.28. The summed E-state index contributed by atoms with van der Waals surface area (Å²) in [6.45, 7) is 0.634. The van der Waals surface area contributed by atoms with Crippen LogP contribution in [0, 0.1) is 0 Å². The predicted octanol–water partition coefficient (Wildman–Crippen LogP) is 1.71. The number of carboxylic acid groups (broad SMARTS) is 1.